The van der Waals surface area contributed by atoms with Crippen molar-refractivity contribution in [1.82, 2.24) is 0 Å². The summed E-state index contributed by atoms with van der Waals surface area (Å²) in [5.74, 6) is -0.907. The van der Waals surface area contributed by atoms with Crippen LogP contribution in [0.5, 0.6) is 0 Å². The minimum Gasteiger partial charge on any atom is -0.465 e. The lowest BCUT2D eigenvalue weighted by molar-refractivity contribution is -0.165. The van der Waals surface area contributed by atoms with Gasteiger partial charge < -0.3 is 14.2 Å². The predicted octanol–water partition coefficient (Wildman–Crippen LogP) is 6.39. The number of carbonyl (C=O) groups excluding carboxylic acids is 3. The van der Waals surface area contributed by atoms with Crippen LogP contribution in [0.15, 0.2) is 0 Å². The molecule has 0 amide bonds. The fourth-order valence-electron chi connectivity index (χ4n) is 2.98. The van der Waals surface area contributed by atoms with Crippen molar-refractivity contribution in [2.24, 2.45) is 10.8 Å². The number of rotatable bonds is 19. The van der Waals surface area contributed by atoms with Crippen molar-refractivity contribution < 1.29 is 28.6 Å². The third-order valence-electron chi connectivity index (χ3n) is 5.33. The van der Waals surface area contributed by atoms with E-state index < -0.39 is 16.8 Å². The molecule has 188 valence electrons. The third-order valence-corrected chi connectivity index (χ3v) is 5.33. The van der Waals surface area contributed by atoms with E-state index in [2.05, 4.69) is 13.8 Å². The molecule has 0 saturated heterocycles. The van der Waals surface area contributed by atoms with Crippen molar-refractivity contribution in [2.45, 2.75) is 119 Å². The molecule has 0 unspecified atom stereocenters. The van der Waals surface area contributed by atoms with Gasteiger partial charge >= 0.3 is 17.9 Å². The third kappa shape index (κ3) is 16.1. The number of carbonyl (C=O) groups is 3. The molecule has 0 aliphatic carbocycles. The van der Waals surface area contributed by atoms with Crippen molar-refractivity contribution in [3.05, 3.63) is 0 Å². The van der Waals surface area contributed by atoms with E-state index in [0.29, 0.717) is 12.8 Å². The first kappa shape index (κ1) is 30.4. The average molecular weight is 457 g/mol. The van der Waals surface area contributed by atoms with Crippen molar-refractivity contribution in [3.8, 4) is 0 Å². The van der Waals surface area contributed by atoms with Gasteiger partial charge in [-0.05, 0) is 26.7 Å². The molecule has 0 atom stereocenters. The summed E-state index contributed by atoms with van der Waals surface area (Å²) < 4.78 is 16.1. The summed E-state index contributed by atoms with van der Waals surface area (Å²) in [7, 11) is 0. The molecule has 0 heterocycles. The van der Waals surface area contributed by atoms with Gasteiger partial charge in [0.25, 0.3) is 0 Å². The summed E-state index contributed by atoms with van der Waals surface area (Å²) in [4.78, 5) is 36.3. The highest BCUT2D eigenvalue weighted by Crippen LogP contribution is 2.22. The number of hydrogen-bond donors (Lipinski definition) is 0. The summed E-state index contributed by atoms with van der Waals surface area (Å²) in [6, 6.07) is 0. The number of hydrogen-bond acceptors (Lipinski definition) is 6. The Morgan fingerprint density at radius 2 is 0.969 bits per heavy atom. The van der Waals surface area contributed by atoms with Crippen LogP contribution < -0.4 is 0 Å². The van der Waals surface area contributed by atoms with E-state index in [1.54, 1.807) is 13.8 Å². The van der Waals surface area contributed by atoms with E-state index in [1.165, 1.54) is 25.7 Å². The van der Waals surface area contributed by atoms with Gasteiger partial charge in [-0.2, -0.15) is 0 Å². The van der Waals surface area contributed by atoms with Crippen molar-refractivity contribution in [1.29, 1.82) is 0 Å². The van der Waals surface area contributed by atoms with E-state index >= 15 is 0 Å². The molecule has 0 aromatic rings. The molecule has 0 saturated carbocycles. The van der Waals surface area contributed by atoms with Gasteiger partial charge in [-0.15, -0.1) is 0 Å². The molecule has 0 N–H and O–H groups in total. The first-order valence-corrected chi connectivity index (χ1v) is 12.5. The van der Waals surface area contributed by atoms with Crippen LogP contribution in [-0.4, -0.2) is 37.7 Å². The van der Waals surface area contributed by atoms with Gasteiger partial charge in [-0.25, -0.2) is 0 Å². The molecule has 0 aromatic heterocycles. The van der Waals surface area contributed by atoms with E-state index in [9.17, 15) is 14.4 Å². The second-order valence-electron chi connectivity index (χ2n) is 10.3. The minimum atomic E-state index is -0.927. The molecule has 0 radical (unpaired) electrons. The second-order valence-corrected chi connectivity index (χ2v) is 10.3. The Kier molecular flexibility index (Phi) is 16.1. The molecule has 0 spiro atoms. The Morgan fingerprint density at radius 3 is 1.44 bits per heavy atom. The summed E-state index contributed by atoms with van der Waals surface area (Å²) in [5.41, 5.74) is -1.41. The fraction of sp³-hybridized carbons (Fsp3) is 0.885. The van der Waals surface area contributed by atoms with E-state index in [-0.39, 0.29) is 31.8 Å². The Balaban J connectivity index is 4.16. The molecule has 0 aliphatic rings. The lowest BCUT2D eigenvalue weighted by atomic mass is 9.93. The van der Waals surface area contributed by atoms with Crippen LogP contribution in [-0.2, 0) is 28.6 Å². The van der Waals surface area contributed by atoms with Crippen LogP contribution in [0.25, 0.3) is 0 Å². The monoisotopic (exact) mass is 456 g/mol. The second kappa shape index (κ2) is 17.0. The maximum atomic E-state index is 12.5. The lowest BCUT2D eigenvalue weighted by Crippen LogP contribution is -2.36. The quantitative estimate of drug-likeness (QED) is 0.127. The highest BCUT2D eigenvalue weighted by Gasteiger charge is 2.33. The van der Waals surface area contributed by atoms with Crippen LogP contribution in [0.4, 0.5) is 0 Å². The summed E-state index contributed by atoms with van der Waals surface area (Å²) in [6.07, 6.45) is 11.5. The minimum absolute atomic E-state index is 0.00687. The zero-order chi connectivity index (χ0) is 24.5. The van der Waals surface area contributed by atoms with Crippen LogP contribution in [0.2, 0.25) is 0 Å². The molecule has 0 aliphatic heterocycles. The van der Waals surface area contributed by atoms with Crippen molar-refractivity contribution in [3.63, 3.8) is 0 Å². The summed E-state index contributed by atoms with van der Waals surface area (Å²) in [6.45, 7) is 11.8. The molecule has 32 heavy (non-hydrogen) atoms. The SMILES string of the molecule is CCCCCCCC(=O)OCC(C)(C)COC(=O)C(C)(C)COC(=O)CCCCCCC. The topological polar surface area (TPSA) is 78.9 Å². The predicted molar refractivity (Wildman–Crippen MR) is 127 cm³/mol. The number of esters is 3. The molecular formula is C26H48O6. The standard InChI is InChI=1S/C26H48O6/c1-7-9-11-13-15-17-22(27)30-19-25(3,4)20-32-24(29)26(5,6)21-31-23(28)18-16-14-12-10-8-2/h7-21H2,1-6H3. The first-order chi connectivity index (χ1) is 15.0. The van der Waals surface area contributed by atoms with Crippen molar-refractivity contribution in [2.75, 3.05) is 19.8 Å². The van der Waals surface area contributed by atoms with Gasteiger partial charge in [0.05, 0.1) is 18.6 Å². The normalized spacial score (nSPS) is 11.8. The Bertz CT molecular complexity index is 538. The molecule has 6 heteroatoms. The summed E-state index contributed by atoms with van der Waals surface area (Å²) in [5, 5.41) is 0. The highest BCUT2D eigenvalue weighted by atomic mass is 16.6. The van der Waals surface area contributed by atoms with Crippen LogP contribution >= 0.6 is 0 Å². The largest absolute Gasteiger partial charge is 0.465 e. The molecule has 6 nitrogen and oxygen atoms in total. The first-order valence-electron chi connectivity index (χ1n) is 12.5. The van der Waals surface area contributed by atoms with Gasteiger partial charge in [-0.1, -0.05) is 79.1 Å². The van der Waals surface area contributed by atoms with Gasteiger partial charge in [0.1, 0.15) is 6.61 Å². The maximum Gasteiger partial charge on any atom is 0.315 e. The number of ether oxygens (including phenoxy) is 3. The van der Waals surface area contributed by atoms with Gasteiger partial charge in [0.2, 0.25) is 0 Å². The molecular weight excluding hydrogens is 408 g/mol. The molecule has 0 fully saturated rings. The van der Waals surface area contributed by atoms with E-state index in [4.69, 9.17) is 14.2 Å². The Morgan fingerprint density at radius 1 is 0.562 bits per heavy atom. The molecule has 0 bridgehead atoms. The fourth-order valence-corrected chi connectivity index (χ4v) is 2.98. The van der Waals surface area contributed by atoms with Crippen LogP contribution in [0.3, 0.4) is 0 Å². The maximum absolute atomic E-state index is 12.5. The van der Waals surface area contributed by atoms with E-state index in [0.717, 1.165) is 38.5 Å². The average Bonchev–Trinajstić information content (AvgIpc) is 2.74. The molecule has 0 aromatic carbocycles. The summed E-state index contributed by atoms with van der Waals surface area (Å²) >= 11 is 0. The lowest BCUT2D eigenvalue weighted by Gasteiger charge is -2.27. The highest BCUT2D eigenvalue weighted by molar-refractivity contribution is 5.77. The Labute approximate surface area is 196 Å². The van der Waals surface area contributed by atoms with Gasteiger partial charge in [0, 0.05) is 18.3 Å². The van der Waals surface area contributed by atoms with Crippen LogP contribution in [0.1, 0.15) is 119 Å². The van der Waals surface area contributed by atoms with Crippen molar-refractivity contribution >= 4 is 17.9 Å². The van der Waals surface area contributed by atoms with E-state index in [1.807, 2.05) is 13.8 Å². The zero-order valence-corrected chi connectivity index (χ0v) is 21.6. The molecule has 0 rings (SSSR count). The van der Waals surface area contributed by atoms with Gasteiger partial charge in [0.15, 0.2) is 0 Å². The number of unbranched alkanes of at least 4 members (excludes halogenated alkanes) is 8. The zero-order valence-electron chi connectivity index (χ0n) is 21.6. The van der Waals surface area contributed by atoms with Crippen LogP contribution in [0, 0.1) is 10.8 Å². The Hall–Kier alpha value is -1.59. The smallest absolute Gasteiger partial charge is 0.315 e. The van der Waals surface area contributed by atoms with Gasteiger partial charge in [-0.3, -0.25) is 14.4 Å².